The van der Waals surface area contributed by atoms with Gasteiger partial charge in [0.05, 0.1) is 29.3 Å². The van der Waals surface area contributed by atoms with Crippen LogP contribution in [0.15, 0.2) is 52.5 Å². The first-order valence-corrected chi connectivity index (χ1v) is 10.5. The third-order valence-corrected chi connectivity index (χ3v) is 5.45. The van der Waals surface area contributed by atoms with E-state index in [1.54, 1.807) is 12.3 Å². The number of allylic oxidation sites excluding steroid dienone is 2. The minimum atomic E-state index is -0.666. The summed E-state index contributed by atoms with van der Waals surface area (Å²) in [7, 11) is 0. The van der Waals surface area contributed by atoms with Crippen LogP contribution in [0, 0.1) is 20.2 Å². The second-order valence-corrected chi connectivity index (χ2v) is 7.58. The van der Waals surface area contributed by atoms with E-state index in [1.165, 1.54) is 12.1 Å². The van der Waals surface area contributed by atoms with Crippen LogP contribution in [0.4, 0.5) is 23.0 Å². The number of aromatic nitrogens is 2. The Morgan fingerprint density at radius 2 is 1.94 bits per heavy atom. The number of ether oxygens (including phenoxy) is 1. The van der Waals surface area contributed by atoms with Crippen LogP contribution in [0.3, 0.4) is 0 Å². The van der Waals surface area contributed by atoms with E-state index < -0.39 is 15.5 Å². The fourth-order valence-electron chi connectivity index (χ4n) is 3.93. The zero-order chi connectivity index (χ0) is 24.1. The standard InChI is InChI=1S/C21H22N8O5/c22-20-19(29(32)33)21(24-13-23-20)26-25-12-16-5-4-15(18(16)27-6-8-34-9-7-27)10-14-2-1-3-17(11-14)28(30)31/h1-3,10-13H,4-9H2,(H3,22,23,24,26)/b15-10-,25-12+. The summed E-state index contributed by atoms with van der Waals surface area (Å²) in [6, 6.07) is 6.47. The van der Waals surface area contributed by atoms with E-state index in [0.717, 1.165) is 35.2 Å². The van der Waals surface area contributed by atoms with Gasteiger partial charge in [0.15, 0.2) is 0 Å². The molecule has 0 spiro atoms. The van der Waals surface area contributed by atoms with Gasteiger partial charge in [-0.3, -0.25) is 25.7 Å². The molecule has 13 heteroatoms. The van der Waals surface area contributed by atoms with Crippen LogP contribution in [-0.2, 0) is 4.74 Å². The molecule has 0 unspecified atom stereocenters. The van der Waals surface area contributed by atoms with Crippen molar-refractivity contribution < 1.29 is 14.6 Å². The molecule has 0 saturated carbocycles. The largest absolute Gasteiger partial charge is 0.378 e. The van der Waals surface area contributed by atoms with Crippen LogP contribution in [0.25, 0.3) is 6.08 Å². The van der Waals surface area contributed by atoms with Crippen molar-refractivity contribution >= 4 is 35.3 Å². The Morgan fingerprint density at radius 3 is 2.68 bits per heavy atom. The molecule has 1 aliphatic heterocycles. The molecule has 0 bridgehead atoms. The van der Waals surface area contributed by atoms with Gasteiger partial charge < -0.3 is 15.4 Å². The molecule has 1 saturated heterocycles. The normalized spacial score (nSPS) is 17.5. The Balaban J connectivity index is 1.65. The maximum Gasteiger partial charge on any atom is 0.354 e. The number of nitrogens with two attached hydrogens (primary N) is 1. The molecule has 4 rings (SSSR count). The van der Waals surface area contributed by atoms with Gasteiger partial charge in [-0.25, -0.2) is 9.97 Å². The molecule has 2 heterocycles. The van der Waals surface area contributed by atoms with Crippen LogP contribution >= 0.6 is 0 Å². The molecule has 176 valence electrons. The van der Waals surface area contributed by atoms with Crippen molar-refractivity contribution in [3.8, 4) is 0 Å². The number of anilines is 2. The van der Waals surface area contributed by atoms with Gasteiger partial charge >= 0.3 is 5.69 Å². The summed E-state index contributed by atoms with van der Waals surface area (Å²) in [5, 5.41) is 26.6. The van der Waals surface area contributed by atoms with Gasteiger partial charge in [0.25, 0.3) is 5.69 Å². The number of nitrogens with one attached hydrogen (secondary N) is 1. The number of nitro groups is 2. The number of hydrazone groups is 1. The van der Waals surface area contributed by atoms with Gasteiger partial charge in [-0.1, -0.05) is 12.1 Å². The second kappa shape index (κ2) is 10.0. The van der Waals surface area contributed by atoms with Crippen LogP contribution in [-0.4, -0.2) is 57.2 Å². The summed E-state index contributed by atoms with van der Waals surface area (Å²) >= 11 is 0. The maximum absolute atomic E-state index is 11.3. The van der Waals surface area contributed by atoms with Crippen molar-refractivity contribution in [3.63, 3.8) is 0 Å². The van der Waals surface area contributed by atoms with E-state index in [1.807, 2.05) is 12.1 Å². The molecular formula is C21H22N8O5. The molecule has 1 fully saturated rings. The number of nitro benzene ring substituents is 1. The van der Waals surface area contributed by atoms with E-state index in [-0.39, 0.29) is 17.3 Å². The molecule has 13 nitrogen and oxygen atoms in total. The number of morpholine rings is 1. The lowest BCUT2D eigenvalue weighted by Gasteiger charge is -2.31. The third kappa shape index (κ3) is 4.99. The SMILES string of the molecule is Nc1ncnc(N/N=C/C2=C(N3CCOCC3)C(=C\c3cccc([N+](=O)[O-])c3)/CC2)c1[N+](=O)[O-]. The third-order valence-electron chi connectivity index (χ3n) is 5.45. The molecule has 0 amide bonds. The number of benzene rings is 1. The van der Waals surface area contributed by atoms with E-state index in [2.05, 4.69) is 25.4 Å². The van der Waals surface area contributed by atoms with Crippen molar-refractivity contribution in [3.05, 3.63) is 73.2 Å². The van der Waals surface area contributed by atoms with Gasteiger partial charge in [-0.05, 0) is 35.6 Å². The first kappa shape index (κ1) is 22.8. The number of non-ortho nitro benzene ring substituents is 1. The van der Waals surface area contributed by atoms with Crippen molar-refractivity contribution in [2.24, 2.45) is 5.10 Å². The number of nitrogens with zero attached hydrogens (tertiary/aromatic N) is 6. The van der Waals surface area contributed by atoms with Gasteiger partial charge in [0, 0.05) is 30.9 Å². The first-order chi connectivity index (χ1) is 16.4. The van der Waals surface area contributed by atoms with Crippen LogP contribution < -0.4 is 11.2 Å². The van der Waals surface area contributed by atoms with Crippen LogP contribution in [0.5, 0.6) is 0 Å². The monoisotopic (exact) mass is 466 g/mol. The number of hydrogen-bond donors (Lipinski definition) is 2. The van der Waals surface area contributed by atoms with Gasteiger partial charge in [0.2, 0.25) is 11.6 Å². The molecule has 2 aromatic rings. The quantitative estimate of drug-likeness (QED) is 0.350. The predicted molar refractivity (Wildman–Crippen MR) is 125 cm³/mol. The van der Waals surface area contributed by atoms with Crippen molar-refractivity contribution in [2.45, 2.75) is 12.8 Å². The molecule has 34 heavy (non-hydrogen) atoms. The summed E-state index contributed by atoms with van der Waals surface area (Å²) in [6.07, 6.45) is 6.08. The van der Waals surface area contributed by atoms with Crippen molar-refractivity contribution in [1.82, 2.24) is 14.9 Å². The molecule has 3 N–H and O–H groups in total. The fourth-order valence-corrected chi connectivity index (χ4v) is 3.93. The minimum absolute atomic E-state index is 0.0287. The minimum Gasteiger partial charge on any atom is -0.378 e. The lowest BCUT2D eigenvalue weighted by Crippen LogP contribution is -2.36. The summed E-state index contributed by atoms with van der Waals surface area (Å²) in [6.45, 7) is 2.56. The average molecular weight is 466 g/mol. The molecule has 0 radical (unpaired) electrons. The number of hydrogen-bond acceptors (Lipinski definition) is 11. The summed E-state index contributed by atoms with van der Waals surface area (Å²) in [5.74, 6) is -0.360. The Hall–Kier alpha value is -4.39. The highest BCUT2D eigenvalue weighted by molar-refractivity contribution is 5.84. The number of rotatable bonds is 7. The lowest BCUT2D eigenvalue weighted by atomic mass is 10.1. The molecule has 1 aromatic heterocycles. The maximum atomic E-state index is 11.3. The van der Waals surface area contributed by atoms with Gasteiger partial charge in [-0.2, -0.15) is 5.10 Å². The second-order valence-electron chi connectivity index (χ2n) is 7.58. The highest BCUT2D eigenvalue weighted by Gasteiger charge is 2.26. The summed E-state index contributed by atoms with van der Waals surface area (Å²) in [4.78, 5) is 31.0. The van der Waals surface area contributed by atoms with Gasteiger partial charge in [-0.15, -0.1) is 0 Å². The highest BCUT2D eigenvalue weighted by atomic mass is 16.6. The van der Waals surface area contributed by atoms with Gasteiger partial charge in [0.1, 0.15) is 6.33 Å². The van der Waals surface area contributed by atoms with Crippen molar-refractivity contribution in [2.75, 3.05) is 37.5 Å². The Kier molecular flexibility index (Phi) is 6.73. The molecule has 2 aliphatic rings. The molecule has 1 aliphatic carbocycles. The molecule has 1 aromatic carbocycles. The Labute approximate surface area is 193 Å². The van der Waals surface area contributed by atoms with Crippen LogP contribution in [0.1, 0.15) is 18.4 Å². The van der Waals surface area contributed by atoms with E-state index in [4.69, 9.17) is 10.5 Å². The highest BCUT2D eigenvalue weighted by Crippen LogP contribution is 2.35. The zero-order valence-corrected chi connectivity index (χ0v) is 18.1. The lowest BCUT2D eigenvalue weighted by molar-refractivity contribution is -0.384. The Bertz CT molecular complexity index is 1200. The molecule has 0 atom stereocenters. The fraction of sp³-hybridized carbons (Fsp3) is 0.286. The number of nitrogen functional groups attached to an aromatic ring is 1. The topological polar surface area (TPSA) is 175 Å². The Morgan fingerprint density at radius 1 is 1.15 bits per heavy atom. The van der Waals surface area contributed by atoms with E-state index >= 15 is 0 Å². The smallest absolute Gasteiger partial charge is 0.354 e. The van der Waals surface area contributed by atoms with E-state index in [9.17, 15) is 20.2 Å². The van der Waals surface area contributed by atoms with Crippen molar-refractivity contribution in [1.29, 1.82) is 0 Å². The van der Waals surface area contributed by atoms with Crippen LogP contribution in [0.2, 0.25) is 0 Å². The zero-order valence-electron chi connectivity index (χ0n) is 18.1. The van der Waals surface area contributed by atoms with E-state index in [0.29, 0.717) is 32.7 Å². The first-order valence-electron chi connectivity index (χ1n) is 10.5. The predicted octanol–water partition coefficient (Wildman–Crippen LogP) is 2.74. The summed E-state index contributed by atoms with van der Waals surface area (Å²) in [5.41, 5.74) is 11.4. The summed E-state index contributed by atoms with van der Waals surface area (Å²) < 4.78 is 5.48. The molecular weight excluding hydrogens is 444 g/mol. The average Bonchev–Trinajstić information content (AvgIpc) is 3.21.